The second-order valence-corrected chi connectivity index (χ2v) is 6.46. The molecule has 1 aliphatic rings. The fourth-order valence-corrected chi connectivity index (χ4v) is 2.76. The number of benzene rings is 2. The Balaban J connectivity index is 1.59. The van der Waals surface area contributed by atoms with Crippen LogP contribution in [0.15, 0.2) is 58.7 Å². The molecule has 29 heavy (non-hydrogen) atoms. The maximum absolute atomic E-state index is 12.0. The topological polar surface area (TPSA) is 101 Å². The zero-order valence-corrected chi connectivity index (χ0v) is 16.2. The molecule has 0 bridgehead atoms. The van der Waals surface area contributed by atoms with Crippen LogP contribution in [-0.4, -0.2) is 30.9 Å². The van der Waals surface area contributed by atoms with Gasteiger partial charge in [0.05, 0.1) is 19.2 Å². The fourth-order valence-electron chi connectivity index (χ4n) is 2.76. The molecule has 1 aliphatic heterocycles. The highest BCUT2D eigenvalue weighted by atomic mass is 16.5. The summed E-state index contributed by atoms with van der Waals surface area (Å²) in [6.45, 7) is 2.10. The van der Waals surface area contributed by atoms with Crippen LogP contribution in [0.25, 0.3) is 0 Å². The molecule has 0 spiro atoms. The minimum Gasteiger partial charge on any atom is -0.493 e. The van der Waals surface area contributed by atoms with Crippen molar-refractivity contribution in [3.05, 3.63) is 59.7 Å². The minimum atomic E-state index is -0.552. The van der Waals surface area contributed by atoms with E-state index in [9.17, 15) is 9.59 Å². The predicted molar refractivity (Wildman–Crippen MR) is 109 cm³/mol. The molecule has 0 unspecified atom stereocenters. The summed E-state index contributed by atoms with van der Waals surface area (Å²) < 4.78 is 11.2. The van der Waals surface area contributed by atoms with Gasteiger partial charge in [-0.1, -0.05) is 30.3 Å². The first-order valence-electron chi connectivity index (χ1n) is 9.07. The van der Waals surface area contributed by atoms with E-state index < -0.39 is 5.92 Å². The Morgan fingerprint density at radius 1 is 1.24 bits per heavy atom. The molecule has 2 N–H and O–H groups in total. The van der Waals surface area contributed by atoms with Crippen molar-refractivity contribution in [2.45, 2.75) is 20.0 Å². The van der Waals surface area contributed by atoms with Gasteiger partial charge < -0.3 is 9.47 Å². The normalized spacial score (nSPS) is 15.7. The second-order valence-electron chi connectivity index (χ2n) is 6.46. The van der Waals surface area contributed by atoms with Crippen LogP contribution >= 0.6 is 0 Å². The zero-order valence-electron chi connectivity index (χ0n) is 16.2. The van der Waals surface area contributed by atoms with Crippen LogP contribution in [0, 0.1) is 5.92 Å². The summed E-state index contributed by atoms with van der Waals surface area (Å²) in [5.41, 5.74) is 7.13. The number of carbonyl (C=O) groups is 2. The van der Waals surface area contributed by atoms with Crippen molar-refractivity contribution in [3.63, 3.8) is 0 Å². The van der Waals surface area contributed by atoms with Crippen LogP contribution in [0.4, 0.5) is 0 Å². The fraction of sp³-hybridized carbons (Fsp3) is 0.238. The molecule has 8 nitrogen and oxygen atoms in total. The van der Waals surface area contributed by atoms with E-state index in [0.717, 1.165) is 11.1 Å². The van der Waals surface area contributed by atoms with E-state index in [1.807, 2.05) is 30.3 Å². The van der Waals surface area contributed by atoms with Gasteiger partial charge in [0, 0.05) is 12.1 Å². The first-order chi connectivity index (χ1) is 14.1. The SMILES string of the molecule is COc1ccc(/C=N\NC(=O)C[C@H]2C(=O)NN=C2C)cc1OCc1ccccc1. The van der Waals surface area contributed by atoms with E-state index in [0.29, 0.717) is 23.8 Å². The summed E-state index contributed by atoms with van der Waals surface area (Å²) in [5, 5.41) is 7.77. The quantitative estimate of drug-likeness (QED) is 0.530. The third-order valence-corrected chi connectivity index (χ3v) is 4.38. The lowest BCUT2D eigenvalue weighted by atomic mass is 10.0. The van der Waals surface area contributed by atoms with Gasteiger partial charge in [0.15, 0.2) is 11.5 Å². The predicted octanol–water partition coefficient (Wildman–Crippen LogP) is 2.24. The number of nitrogens with one attached hydrogen (secondary N) is 2. The number of carbonyl (C=O) groups excluding carboxylic acids is 2. The average Bonchev–Trinajstić information content (AvgIpc) is 3.05. The van der Waals surface area contributed by atoms with Gasteiger partial charge in [0.25, 0.3) is 0 Å². The molecule has 2 amide bonds. The van der Waals surface area contributed by atoms with Crippen molar-refractivity contribution < 1.29 is 19.1 Å². The summed E-state index contributed by atoms with van der Waals surface area (Å²) in [5.74, 6) is -0.0294. The number of amides is 2. The van der Waals surface area contributed by atoms with E-state index in [4.69, 9.17) is 9.47 Å². The molecule has 2 aromatic carbocycles. The minimum absolute atomic E-state index is 0.00738. The molecule has 3 rings (SSSR count). The average molecular weight is 394 g/mol. The van der Waals surface area contributed by atoms with E-state index >= 15 is 0 Å². The molecule has 0 radical (unpaired) electrons. The largest absolute Gasteiger partial charge is 0.493 e. The van der Waals surface area contributed by atoms with Crippen LogP contribution in [0.3, 0.4) is 0 Å². The molecule has 150 valence electrons. The van der Waals surface area contributed by atoms with Crippen molar-refractivity contribution in [2.75, 3.05) is 7.11 Å². The molecule has 8 heteroatoms. The van der Waals surface area contributed by atoms with E-state index in [-0.39, 0.29) is 18.2 Å². The van der Waals surface area contributed by atoms with Gasteiger partial charge in [-0.15, -0.1) is 0 Å². The number of nitrogens with zero attached hydrogens (tertiary/aromatic N) is 2. The molecular formula is C21H22N4O4. The number of hydrogen-bond acceptors (Lipinski definition) is 6. The van der Waals surface area contributed by atoms with Crippen LogP contribution in [-0.2, 0) is 16.2 Å². The number of ether oxygens (including phenoxy) is 2. The second kappa shape index (κ2) is 9.50. The Bertz CT molecular complexity index is 941. The van der Waals surface area contributed by atoms with Crippen molar-refractivity contribution in [1.82, 2.24) is 10.9 Å². The van der Waals surface area contributed by atoms with Gasteiger partial charge in [-0.3, -0.25) is 9.59 Å². The molecule has 0 aromatic heterocycles. The Morgan fingerprint density at radius 2 is 2.03 bits per heavy atom. The van der Waals surface area contributed by atoms with Crippen molar-refractivity contribution >= 4 is 23.7 Å². The number of hydrogen-bond donors (Lipinski definition) is 2. The Kier molecular flexibility index (Phi) is 6.57. The van der Waals surface area contributed by atoms with Crippen LogP contribution in [0.1, 0.15) is 24.5 Å². The highest BCUT2D eigenvalue weighted by Crippen LogP contribution is 2.28. The van der Waals surface area contributed by atoms with Gasteiger partial charge in [-0.2, -0.15) is 10.2 Å². The van der Waals surface area contributed by atoms with Crippen LogP contribution in [0.2, 0.25) is 0 Å². The van der Waals surface area contributed by atoms with Gasteiger partial charge >= 0.3 is 0 Å². The first-order valence-corrected chi connectivity index (χ1v) is 9.07. The molecule has 2 aromatic rings. The summed E-state index contributed by atoms with van der Waals surface area (Å²) in [4.78, 5) is 23.6. The molecular weight excluding hydrogens is 372 g/mol. The summed E-state index contributed by atoms with van der Waals surface area (Å²) in [7, 11) is 1.57. The smallest absolute Gasteiger partial charge is 0.249 e. The molecule has 1 heterocycles. The standard InChI is InChI=1S/C21H22N4O4/c1-14-17(21(27)25-23-14)11-20(26)24-22-12-16-8-9-18(28-2)19(10-16)29-13-15-6-4-3-5-7-15/h3-10,12,17H,11,13H2,1-2H3,(H,24,26)(H,25,27)/b22-12-/t17-/m1/s1. The lowest BCUT2D eigenvalue weighted by Crippen LogP contribution is -2.29. The highest BCUT2D eigenvalue weighted by molar-refractivity contribution is 6.09. The monoisotopic (exact) mass is 394 g/mol. The zero-order chi connectivity index (χ0) is 20.6. The third-order valence-electron chi connectivity index (χ3n) is 4.38. The van der Waals surface area contributed by atoms with Gasteiger partial charge in [0.1, 0.15) is 6.61 Å². The van der Waals surface area contributed by atoms with Crippen molar-refractivity contribution in [1.29, 1.82) is 0 Å². The van der Waals surface area contributed by atoms with E-state index in [2.05, 4.69) is 21.1 Å². The molecule has 0 fully saturated rings. The van der Waals surface area contributed by atoms with Crippen LogP contribution in [0.5, 0.6) is 11.5 Å². The lowest BCUT2D eigenvalue weighted by molar-refractivity contribution is -0.127. The maximum atomic E-state index is 12.0. The van der Waals surface area contributed by atoms with Crippen molar-refractivity contribution in [2.24, 2.45) is 16.1 Å². The van der Waals surface area contributed by atoms with Crippen LogP contribution < -0.4 is 20.3 Å². The van der Waals surface area contributed by atoms with Gasteiger partial charge in [-0.25, -0.2) is 10.9 Å². The number of methoxy groups -OCH3 is 1. The van der Waals surface area contributed by atoms with Crippen molar-refractivity contribution in [3.8, 4) is 11.5 Å². The Hall–Kier alpha value is -3.68. The first kappa shape index (κ1) is 20.1. The van der Waals surface area contributed by atoms with Gasteiger partial charge in [-0.05, 0) is 36.2 Å². The molecule has 0 saturated carbocycles. The van der Waals surface area contributed by atoms with E-state index in [1.54, 1.807) is 32.2 Å². The Morgan fingerprint density at radius 3 is 2.72 bits per heavy atom. The molecule has 1 atom stereocenters. The summed E-state index contributed by atoms with van der Waals surface area (Å²) >= 11 is 0. The molecule has 0 aliphatic carbocycles. The summed E-state index contributed by atoms with van der Waals surface area (Å²) in [6, 6.07) is 15.1. The summed E-state index contributed by atoms with van der Waals surface area (Å²) in [6.07, 6.45) is 1.49. The molecule has 0 saturated heterocycles. The maximum Gasteiger partial charge on any atom is 0.249 e. The van der Waals surface area contributed by atoms with Gasteiger partial charge in [0.2, 0.25) is 11.8 Å². The van der Waals surface area contributed by atoms with E-state index in [1.165, 1.54) is 6.21 Å². The lowest BCUT2D eigenvalue weighted by Gasteiger charge is -2.11. The number of rotatable bonds is 8. The highest BCUT2D eigenvalue weighted by Gasteiger charge is 2.28. The Labute approximate surface area is 168 Å². The third kappa shape index (κ3) is 5.41. The number of hydrazone groups is 2.